The van der Waals surface area contributed by atoms with Crippen LogP contribution in [0.2, 0.25) is 0 Å². The van der Waals surface area contributed by atoms with Crippen LogP contribution in [0.5, 0.6) is 0 Å². The maximum absolute atomic E-state index is 14.9. The van der Waals surface area contributed by atoms with E-state index in [1.807, 2.05) is 10.8 Å². The molecule has 0 spiro atoms. The highest BCUT2D eigenvalue weighted by atomic mass is 79.9. The number of halogens is 10. The van der Waals surface area contributed by atoms with Crippen molar-refractivity contribution in [1.29, 1.82) is 0 Å². The summed E-state index contributed by atoms with van der Waals surface area (Å²) in [4.78, 5) is 109. The molecular formula is C62H56Br3F7N12O12S2. The molecule has 12 rings (SSSR count). The quantitative estimate of drug-likeness (QED) is 0.0316. The summed E-state index contributed by atoms with van der Waals surface area (Å²) in [6.45, 7) is 8.00. The first kappa shape index (κ1) is 73.6. The van der Waals surface area contributed by atoms with Gasteiger partial charge in [0.15, 0.2) is 21.7 Å². The average molecular weight is 1600 g/mol. The van der Waals surface area contributed by atoms with Crippen molar-refractivity contribution in [2.24, 2.45) is 9.98 Å². The van der Waals surface area contributed by atoms with Gasteiger partial charge in [0.1, 0.15) is 35.4 Å². The zero-order valence-electron chi connectivity index (χ0n) is 51.2. The molecule has 518 valence electrons. The molecule has 24 nitrogen and oxygen atoms in total. The molecule has 4 aromatic carbocycles. The lowest BCUT2D eigenvalue weighted by molar-refractivity contribution is -0.192. The predicted octanol–water partition coefficient (Wildman–Crippen LogP) is 10.1. The Bertz CT molecular complexity index is 4170. The van der Waals surface area contributed by atoms with Crippen molar-refractivity contribution in [3.8, 4) is 0 Å². The van der Waals surface area contributed by atoms with E-state index in [0.29, 0.717) is 103 Å². The van der Waals surface area contributed by atoms with Crippen molar-refractivity contribution in [2.45, 2.75) is 44.2 Å². The molecule has 2 aromatic heterocycles. The zero-order valence-corrected chi connectivity index (χ0v) is 57.6. The number of nitrogens with zero attached hydrogens (tertiary/aromatic N) is 9. The van der Waals surface area contributed by atoms with E-state index >= 15 is 0 Å². The second kappa shape index (κ2) is 32.3. The predicted molar refractivity (Wildman–Crippen MR) is 355 cm³/mol. The van der Waals surface area contributed by atoms with Crippen molar-refractivity contribution in [3.63, 3.8) is 0 Å². The summed E-state index contributed by atoms with van der Waals surface area (Å²) in [5.74, 6) is -7.51. The average Bonchev–Trinajstić information content (AvgIpc) is 1.05. The Labute approximate surface area is 585 Å². The molecule has 98 heavy (non-hydrogen) atoms. The number of carbonyl (C=O) groups is 7. The molecular weight excluding hydrogens is 1540 g/mol. The lowest BCUT2D eigenvalue weighted by Crippen LogP contribution is -2.53. The molecule has 4 amide bonds. The fraction of sp³-hybridized carbons (Fsp3) is 0.306. The Hall–Kier alpha value is -8.68. The van der Waals surface area contributed by atoms with Gasteiger partial charge in [0.25, 0.3) is 0 Å². The van der Waals surface area contributed by atoms with Crippen molar-refractivity contribution < 1.29 is 89.1 Å². The van der Waals surface area contributed by atoms with Gasteiger partial charge in [-0.05, 0) is 85.6 Å². The number of piperazine rings is 2. The van der Waals surface area contributed by atoms with E-state index in [1.54, 1.807) is 48.2 Å². The van der Waals surface area contributed by atoms with Crippen LogP contribution in [-0.4, -0.2) is 189 Å². The number of esters is 2. The van der Waals surface area contributed by atoms with Crippen LogP contribution in [0.3, 0.4) is 0 Å². The normalized spacial score (nSPS) is 19.1. The van der Waals surface area contributed by atoms with Gasteiger partial charge >= 0.3 is 48.1 Å². The van der Waals surface area contributed by atoms with Crippen LogP contribution in [0.25, 0.3) is 0 Å². The summed E-state index contributed by atoms with van der Waals surface area (Å²) >= 11 is 13.0. The van der Waals surface area contributed by atoms with Crippen molar-refractivity contribution in [2.75, 3.05) is 87.2 Å². The van der Waals surface area contributed by atoms with Crippen LogP contribution < -0.4 is 25.8 Å². The molecule has 6 aliphatic rings. The first-order chi connectivity index (χ1) is 46.7. The number of urea groups is 2. The van der Waals surface area contributed by atoms with E-state index in [1.165, 1.54) is 81.0 Å². The van der Waals surface area contributed by atoms with Crippen molar-refractivity contribution in [3.05, 3.63) is 183 Å². The van der Waals surface area contributed by atoms with E-state index < -0.39 is 65.6 Å². The first-order valence-electron chi connectivity index (χ1n) is 29.4. The molecule has 0 bridgehead atoms. The number of aliphatic imine (C=N–C) groups is 2. The summed E-state index contributed by atoms with van der Waals surface area (Å²) in [5, 5.41) is 40.2. The Morgan fingerprint density at radius 1 is 0.633 bits per heavy atom. The number of aliphatic carboxylic acids is 1. The minimum atomic E-state index is -5.08. The van der Waals surface area contributed by atoms with Gasteiger partial charge in [0, 0.05) is 108 Å². The van der Waals surface area contributed by atoms with Gasteiger partial charge in [-0.3, -0.25) is 24.7 Å². The summed E-state index contributed by atoms with van der Waals surface area (Å²) in [7, 11) is 0. The number of hydrogen-bond acceptors (Lipinski definition) is 19. The molecule has 8 heterocycles. The minimum absolute atomic E-state index is 0.0178. The molecule has 4 fully saturated rings. The number of anilines is 2. The molecule has 0 unspecified atom stereocenters. The number of nitrogens with one attached hydrogen (secondary N) is 3. The lowest BCUT2D eigenvalue weighted by atomic mass is 9.95. The van der Waals surface area contributed by atoms with Crippen molar-refractivity contribution >= 4 is 135 Å². The molecule has 36 heteroatoms. The third-order valence-electron chi connectivity index (χ3n) is 15.4. The molecule has 0 radical (unpaired) electrons. The molecule has 6 aromatic rings. The van der Waals surface area contributed by atoms with E-state index in [2.05, 4.69) is 83.6 Å². The maximum atomic E-state index is 14.9. The largest absolute Gasteiger partial charge is 0.490 e. The Balaban J connectivity index is 0.000000178. The maximum Gasteiger partial charge on any atom is 0.490 e. The number of amidine groups is 2. The van der Waals surface area contributed by atoms with Crippen molar-refractivity contribution in [1.82, 2.24) is 40.6 Å². The number of benzene rings is 4. The number of aromatic carboxylic acids is 2. The van der Waals surface area contributed by atoms with Crippen LogP contribution in [-0.2, 0) is 23.9 Å². The van der Waals surface area contributed by atoms with Crippen LogP contribution in [0.15, 0.2) is 137 Å². The summed E-state index contributed by atoms with van der Waals surface area (Å²) in [6, 6.07) is 13.3. The zero-order chi connectivity index (χ0) is 70.9. The van der Waals surface area contributed by atoms with Gasteiger partial charge in [0.2, 0.25) is 0 Å². The molecule has 6 N–H and O–H groups in total. The number of allylic oxidation sites excluding steroid dienone is 1. The molecule has 4 saturated heterocycles. The third-order valence-corrected chi connectivity index (χ3v) is 18.9. The van der Waals surface area contributed by atoms with Crippen LogP contribution in [0.4, 0.5) is 51.7 Å². The van der Waals surface area contributed by atoms with E-state index in [9.17, 15) is 64.6 Å². The molecule has 0 saturated carbocycles. The second-order valence-electron chi connectivity index (χ2n) is 21.5. The number of fused-ring (bicyclic) bond motifs is 2. The number of carboxylic acid groups (broad SMARTS) is 3. The number of hydrogen-bond donors (Lipinski definition) is 6. The van der Waals surface area contributed by atoms with Gasteiger partial charge in [-0.2, -0.15) is 13.2 Å². The number of ether oxygens (including phenoxy) is 2. The lowest BCUT2D eigenvalue weighted by Gasteiger charge is -2.38. The van der Waals surface area contributed by atoms with Gasteiger partial charge in [-0.25, -0.2) is 61.1 Å². The van der Waals surface area contributed by atoms with E-state index in [4.69, 9.17) is 29.5 Å². The molecule has 4 atom stereocenters. The van der Waals surface area contributed by atoms with Crippen LogP contribution in [0.1, 0.15) is 67.8 Å². The number of thiazole rings is 2. The number of amides is 4. The third kappa shape index (κ3) is 17.1. The fourth-order valence-electron chi connectivity index (χ4n) is 11.0. The Kier molecular flexibility index (Phi) is 24.3. The standard InChI is InChI=1S/C30H27BrF2N6O5S.C17H14Br2FN3O2S.C13H14FN3O3.C2HF3O2/c1-2-44-29(42)24-22(35-26(27-34-7-10-45-27)36-25(24)19-5-4-17(32)12-20(19)31)15-37-8-9-38-18(13-37)14-39(30(38)43)23-6-3-16(28(40)41)11-21(23)33;1-2-25-17(24)13-12(8-18)22-15(16-21-5-6-26-16)23-14(13)10-4-3-9(20)7-11(10)19;14-10-5-8(12(18)19)1-2-11(10)17-7-9-6-15-3-4-16(9)13(17)20;3-2(4,5)1(6)7/h3-7,10-12,18,25H,2,8-9,13-15H2,1H3,(H,35,36)(H,40,41);3-7,14H,2,8H2,1H3,(H,22,23);1-2,5,9,15H,3-4,6-7H2,(H,18,19);(H,6,7)/t18-,25-;14-;9-;/m000./s1. The highest BCUT2D eigenvalue weighted by Gasteiger charge is 2.45. The van der Waals surface area contributed by atoms with E-state index in [0.717, 1.165) is 18.7 Å². The van der Waals surface area contributed by atoms with Gasteiger partial charge in [-0.1, -0.05) is 59.9 Å². The second-order valence-corrected chi connectivity index (χ2v) is 25.6. The smallest absolute Gasteiger partial charge is 0.478 e. The molecule has 6 aliphatic heterocycles. The van der Waals surface area contributed by atoms with Gasteiger partial charge in [0.05, 0.1) is 58.9 Å². The topological polar surface area (TPSA) is 301 Å². The number of carboxylic acids is 3. The van der Waals surface area contributed by atoms with Crippen LogP contribution >= 0.6 is 70.5 Å². The highest BCUT2D eigenvalue weighted by Crippen LogP contribution is 2.40. The molecule has 0 aliphatic carbocycles. The highest BCUT2D eigenvalue weighted by molar-refractivity contribution is 9.11. The summed E-state index contributed by atoms with van der Waals surface area (Å²) in [5.41, 5.74) is 2.91. The Morgan fingerprint density at radius 2 is 1.09 bits per heavy atom. The SMILES string of the molecule is CCOC(=O)C1=C(CBr)NC(c2nccs2)=N[C@H]1c1ccc(F)cc1Br.CCOC(=O)C1=C(CN2CCN3C(=O)N(c4ccc(C(=O)O)cc4F)C[C@@H]3C2)NC(c2nccs2)=N[C@H]1c1ccc(F)cc1Br.O=C(O)C(F)(F)F.O=C(O)c1ccc(N2C[C@@H]3CNCCN3C2=O)c(F)c1. The minimum Gasteiger partial charge on any atom is -0.478 e. The van der Waals surface area contributed by atoms with Crippen LogP contribution in [0, 0.1) is 23.3 Å². The summed E-state index contributed by atoms with van der Waals surface area (Å²) < 4.78 is 99.9. The van der Waals surface area contributed by atoms with Gasteiger partial charge < -0.3 is 50.5 Å². The number of rotatable bonds is 15. The monoisotopic (exact) mass is 1590 g/mol. The number of aromatic nitrogens is 2. The van der Waals surface area contributed by atoms with E-state index in [-0.39, 0.29) is 84.3 Å². The van der Waals surface area contributed by atoms with Gasteiger partial charge in [-0.15, -0.1) is 22.7 Å². The number of alkyl halides is 4. The number of carbonyl (C=O) groups excluding carboxylic acids is 4. The Morgan fingerprint density at radius 3 is 1.50 bits per heavy atom. The first-order valence-corrected chi connectivity index (χ1v) is 33.9. The summed E-state index contributed by atoms with van der Waals surface area (Å²) in [6.07, 6.45) is -1.75. The fourth-order valence-corrected chi connectivity index (χ4v) is 13.7.